The van der Waals surface area contributed by atoms with Gasteiger partial charge < -0.3 is 9.47 Å². The Labute approximate surface area is 119 Å². The maximum absolute atomic E-state index is 11.6. The van der Waals surface area contributed by atoms with Crippen LogP contribution >= 0.6 is 11.8 Å². The normalized spacial score (nSPS) is 17.6. The molecule has 0 radical (unpaired) electrons. The van der Waals surface area contributed by atoms with E-state index in [1.165, 1.54) is 16.7 Å². The van der Waals surface area contributed by atoms with Gasteiger partial charge in [0.1, 0.15) is 17.2 Å². The van der Waals surface area contributed by atoms with Crippen molar-refractivity contribution in [2.24, 2.45) is 7.05 Å². The first-order chi connectivity index (χ1) is 9.63. The first-order valence-corrected chi connectivity index (χ1v) is 6.93. The fourth-order valence-electron chi connectivity index (χ4n) is 2.12. The second-order valence-electron chi connectivity index (χ2n) is 4.37. The number of nitrogens with zero attached hydrogens (tertiary/aromatic N) is 5. The van der Waals surface area contributed by atoms with Gasteiger partial charge in [-0.25, -0.2) is 9.97 Å². The highest BCUT2D eigenvalue weighted by Crippen LogP contribution is 2.34. The highest BCUT2D eigenvalue weighted by molar-refractivity contribution is 8.04. The van der Waals surface area contributed by atoms with Gasteiger partial charge in [0, 0.05) is 20.3 Å². The Morgan fingerprint density at radius 2 is 2.30 bits per heavy atom. The standard InChI is InChI=1S/C13H11N5OS/c1-17-10(19)7-20-13(17)8(6-14)11-16-9-4-3-5-15-12(9)18(11)2/h3-5H,7H2,1-2H3/b13-8+. The monoisotopic (exact) mass is 285 g/mol. The molecule has 0 atom stereocenters. The van der Waals surface area contributed by atoms with E-state index in [-0.39, 0.29) is 5.91 Å². The number of hydrogen-bond donors (Lipinski definition) is 0. The van der Waals surface area contributed by atoms with E-state index in [9.17, 15) is 10.1 Å². The fraction of sp³-hybridized carbons (Fsp3) is 0.231. The molecule has 1 fully saturated rings. The van der Waals surface area contributed by atoms with Crippen LogP contribution in [0, 0.1) is 11.3 Å². The molecule has 100 valence electrons. The van der Waals surface area contributed by atoms with Crippen LogP contribution < -0.4 is 0 Å². The van der Waals surface area contributed by atoms with E-state index in [0.29, 0.717) is 27.8 Å². The number of hydrogen-bond acceptors (Lipinski definition) is 5. The Hall–Kier alpha value is -2.33. The maximum atomic E-state index is 11.6. The second-order valence-corrected chi connectivity index (χ2v) is 5.34. The summed E-state index contributed by atoms with van der Waals surface area (Å²) in [5, 5.41) is 10.1. The third kappa shape index (κ3) is 1.77. The van der Waals surface area contributed by atoms with E-state index in [2.05, 4.69) is 16.0 Å². The number of fused-ring (bicyclic) bond motifs is 1. The van der Waals surface area contributed by atoms with Gasteiger partial charge in [-0.3, -0.25) is 4.79 Å². The molecule has 1 aliphatic heterocycles. The molecule has 1 amide bonds. The molecule has 3 heterocycles. The van der Waals surface area contributed by atoms with Crippen LogP contribution in [0.4, 0.5) is 0 Å². The number of aromatic nitrogens is 3. The zero-order valence-corrected chi connectivity index (χ0v) is 11.8. The van der Waals surface area contributed by atoms with Crippen LogP contribution in [0.5, 0.6) is 0 Å². The van der Waals surface area contributed by atoms with Crippen molar-refractivity contribution in [3.8, 4) is 6.07 Å². The van der Waals surface area contributed by atoms with Crippen LogP contribution in [0.15, 0.2) is 23.4 Å². The van der Waals surface area contributed by atoms with Gasteiger partial charge in [0.2, 0.25) is 5.91 Å². The molecule has 0 unspecified atom stereocenters. The zero-order chi connectivity index (χ0) is 14.3. The number of nitriles is 1. The maximum Gasteiger partial charge on any atom is 0.237 e. The summed E-state index contributed by atoms with van der Waals surface area (Å²) >= 11 is 1.36. The molecule has 6 nitrogen and oxygen atoms in total. The number of aryl methyl sites for hydroxylation is 1. The lowest BCUT2D eigenvalue weighted by Gasteiger charge is -2.11. The molecule has 0 aromatic carbocycles. The highest BCUT2D eigenvalue weighted by Gasteiger charge is 2.28. The van der Waals surface area contributed by atoms with E-state index < -0.39 is 0 Å². The van der Waals surface area contributed by atoms with Crippen molar-refractivity contribution in [3.63, 3.8) is 0 Å². The summed E-state index contributed by atoms with van der Waals surface area (Å²) in [5.74, 6) is 0.888. The van der Waals surface area contributed by atoms with Gasteiger partial charge in [0.15, 0.2) is 11.5 Å². The average Bonchev–Trinajstić information content (AvgIpc) is 2.96. The topological polar surface area (TPSA) is 74.8 Å². The van der Waals surface area contributed by atoms with Crippen molar-refractivity contribution in [2.45, 2.75) is 0 Å². The number of thioether (sulfide) groups is 1. The molecular weight excluding hydrogens is 274 g/mol. The van der Waals surface area contributed by atoms with Gasteiger partial charge in [0.25, 0.3) is 0 Å². The van der Waals surface area contributed by atoms with E-state index in [1.54, 1.807) is 23.9 Å². The van der Waals surface area contributed by atoms with Gasteiger partial charge >= 0.3 is 0 Å². The molecular formula is C13H11N5OS. The van der Waals surface area contributed by atoms with Gasteiger partial charge in [-0.05, 0) is 12.1 Å². The second kappa shape index (κ2) is 4.65. The van der Waals surface area contributed by atoms with Crippen molar-refractivity contribution in [3.05, 3.63) is 29.2 Å². The quantitative estimate of drug-likeness (QED) is 0.740. The molecule has 1 saturated heterocycles. The number of amides is 1. The lowest BCUT2D eigenvalue weighted by molar-refractivity contribution is -0.124. The van der Waals surface area contributed by atoms with Crippen molar-refractivity contribution in [1.29, 1.82) is 5.26 Å². The third-order valence-corrected chi connectivity index (χ3v) is 4.33. The lowest BCUT2D eigenvalue weighted by Crippen LogP contribution is -2.19. The number of allylic oxidation sites excluding steroid dienone is 1. The van der Waals surface area contributed by atoms with Crippen molar-refractivity contribution in [1.82, 2.24) is 19.4 Å². The van der Waals surface area contributed by atoms with Crippen molar-refractivity contribution in [2.75, 3.05) is 12.8 Å². The number of rotatable bonds is 1. The third-order valence-electron chi connectivity index (χ3n) is 3.19. The van der Waals surface area contributed by atoms with Gasteiger partial charge in [-0.1, -0.05) is 11.8 Å². The summed E-state index contributed by atoms with van der Waals surface area (Å²) in [4.78, 5) is 21.8. The van der Waals surface area contributed by atoms with Crippen molar-refractivity contribution >= 4 is 34.4 Å². The number of carbonyl (C=O) groups is 1. The van der Waals surface area contributed by atoms with Crippen LogP contribution in [-0.4, -0.2) is 38.1 Å². The Morgan fingerprint density at radius 3 is 2.90 bits per heavy atom. The van der Waals surface area contributed by atoms with Gasteiger partial charge in [-0.15, -0.1) is 0 Å². The van der Waals surface area contributed by atoms with Gasteiger partial charge in [-0.2, -0.15) is 5.26 Å². The smallest absolute Gasteiger partial charge is 0.237 e. The summed E-state index contributed by atoms with van der Waals surface area (Å²) in [6.07, 6.45) is 1.69. The van der Waals surface area contributed by atoms with Crippen LogP contribution in [-0.2, 0) is 11.8 Å². The molecule has 0 bridgehead atoms. The predicted octanol–water partition coefficient (Wildman–Crippen LogP) is 1.37. The number of pyridine rings is 1. The Bertz CT molecular complexity index is 786. The molecule has 2 aromatic rings. The molecule has 0 aliphatic carbocycles. The predicted molar refractivity (Wildman–Crippen MR) is 76.3 cm³/mol. The minimum Gasteiger partial charge on any atom is -0.311 e. The first kappa shape index (κ1) is 12.7. The largest absolute Gasteiger partial charge is 0.311 e. The lowest BCUT2D eigenvalue weighted by atomic mass is 10.3. The molecule has 3 rings (SSSR count). The Kier molecular flexibility index (Phi) is 2.95. The van der Waals surface area contributed by atoms with E-state index in [1.807, 2.05) is 13.1 Å². The van der Waals surface area contributed by atoms with Gasteiger partial charge in [0.05, 0.1) is 10.8 Å². The molecule has 1 aliphatic rings. The molecule has 0 N–H and O–H groups in total. The van der Waals surface area contributed by atoms with E-state index in [4.69, 9.17) is 0 Å². The fourth-order valence-corrected chi connectivity index (χ4v) is 3.15. The van der Waals surface area contributed by atoms with Crippen LogP contribution in [0.1, 0.15) is 5.82 Å². The van der Waals surface area contributed by atoms with E-state index >= 15 is 0 Å². The summed E-state index contributed by atoms with van der Waals surface area (Å²) in [5.41, 5.74) is 1.85. The van der Waals surface area contributed by atoms with Crippen molar-refractivity contribution < 1.29 is 4.79 Å². The Balaban J connectivity index is 2.23. The minimum atomic E-state index is -0.00496. The summed E-state index contributed by atoms with van der Waals surface area (Å²) in [7, 11) is 3.49. The zero-order valence-electron chi connectivity index (χ0n) is 11.0. The molecule has 2 aromatic heterocycles. The Morgan fingerprint density at radius 1 is 1.50 bits per heavy atom. The van der Waals surface area contributed by atoms with E-state index in [0.717, 1.165) is 5.52 Å². The minimum absolute atomic E-state index is 0.00496. The summed E-state index contributed by atoms with van der Waals surface area (Å²) in [6, 6.07) is 5.82. The SMILES string of the molecule is CN1C(=O)CS/C1=C(\C#N)c1nc2cccnc2n1C. The molecule has 7 heteroatoms. The van der Waals surface area contributed by atoms with Crippen LogP contribution in [0.25, 0.3) is 16.7 Å². The molecule has 20 heavy (non-hydrogen) atoms. The number of carbonyl (C=O) groups excluding carboxylic acids is 1. The highest BCUT2D eigenvalue weighted by atomic mass is 32.2. The van der Waals surface area contributed by atoms with Crippen LogP contribution in [0.2, 0.25) is 0 Å². The molecule has 0 spiro atoms. The summed E-state index contributed by atoms with van der Waals surface area (Å²) in [6.45, 7) is 0. The molecule has 0 saturated carbocycles. The summed E-state index contributed by atoms with van der Waals surface area (Å²) < 4.78 is 1.78. The van der Waals surface area contributed by atoms with Crippen LogP contribution in [0.3, 0.4) is 0 Å². The number of imidazole rings is 1. The first-order valence-electron chi connectivity index (χ1n) is 5.95. The average molecular weight is 285 g/mol.